The van der Waals surface area contributed by atoms with Crippen molar-refractivity contribution in [1.29, 1.82) is 5.26 Å². The van der Waals surface area contributed by atoms with Gasteiger partial charge in [0.1, 0.15) is 0 Å². The van der Waals surface area contributed by atoms with Gasteiger partial charge < -0.3 is 9.47 Å². The molecule has 1 saturated heterocycles. The molecule has 116 valence electrons. The van der Waals surface area contributed by atoms with Crippen LogP contribution in [0, 0.1) is 11.3 Å². The highest BCUT2D eigenvalue weighted by molar-refractivity contribution is 7.14. The molecule has 23 heavy (non-hydrogen) atoms. The van der Waals surface area contributed by atoms with Crippen LogP contribution in [0.3, 0.4) is 0 Å². The van der Waals surface area contributed by atoms with E-state index in [9.17, 15) is 0 Å². The molecule has 0 N–H and O–H groups in total. The molecule has 0 aliphatic carbocycles. The van der Waals surface area contributed by atoms with Gasteiger partial charge in [-0.15, -0.1) is 11.3 Å². The second kappa shape index (κ2) is 6.05. The molecule has 0 saturated carbocycles. The van der Waals surface area contributed by atoms with Crippen molar-refractivity contribution in [3.05, 3.63) is 35.8 Å². The second-order valence-corrected chi connectivity index (χ2v) is 6.71. The van der Waals surface area contributed by atoms with Gasteiger partial charge in [-0.05, 0) is 18.9 Å². The highest BCUT2D eigenvalue weighted by atomic mass is 32.1. The Balaban J connectivity index is 1.75. The molecule has 0 amide bonds. The topological polar surface area (TPSA) is 44.9 Å². The standard InChI is InChI=1S/C18H18N4S/c19-8-5-11-22-12-15(14-6-1-2-7-17(14)22)16-13-23-18(20-16)21-9-3-4-10-21/h1-2,6-7,12-13H,3-5,9-11H2. The van der Waals surface area contributed by atoms with E-state index in [0.717, 1.165) is 30.5 Å². The van der Waals surface area contributed by atoms with Gasteiger partial charge in [0.15, 0.2) is 5.13 Å². The van der Waals surface area contributed by atoms with Crippen LogP contribution in [0.1, 0.15) is 19.3 Å². The first-order valence-corrected chi connectivity index (χ1v) is 8.90. The maximum atomic E-state index is 8.87. The number of fused-ring (bicyclic) bond motifs is 1. The molecule has 4 nitrogen and oxygen atoms in total. The Morgan fingerprint density at radius 3 is 2.87 bits per heavy atom. The van der Waals surface area contributed by atoms with E-state index in [-0.39, 0.29) is 0 Å². The number of nitriles is 1. The molecule has 1 aliphatic rings. The van der Waals surface area contributed by atoms with Gasteiger partial charge >= 0.3 is 0 Å². The van der Waals surface area contributed by atoms with Crippen molar-refractivity contribution in [3.8, 4) is 17.3 Å². The summed E-state index contributed by atoms with van der Waals surface area (Å²) in [5, 5.41) is 13.4. The molecular weight excluding hydrogens is 304 g/mol. The van der Waals surface area contributed by atoms with E-state index in [0.29, 0.717) is 6.42 Å². The summed E-state index contributed by atoms with van der Waals surface area (Å²) in [4.78, 5) is 7.25. The summed E-state index contributed by atoms with van der Waals surface area (Å²) in [5.41, 5.74) is 3.39. The number of thiazole rings is 1. The molecule has 1 aliphatic heterocycles. The highest BCUT2D eigenvalue weighted by Gasteiger charge is 2.18. The summed E-state index contributed by atoms with van der Waals surface area (Å²) < 4.78 is 2.17. The van der Waals surface area contributed by atoms with Crippen LogP contribution in [0.15, 0.2) is 35.8 Å². The zero-order valence-corrected chi connectivity index (χ0v) is 13.7. The van der Waals surface area contributed by atoms with E-state index in [4.69, 9.17) is 10.2 Å². The minimum absolute atomic E-state index is 0.522. The monoisotopic (exact) mass is 322 g/mol. The number of hydrogen-bond donors (Lipinski definition) is 0. The molecule has 3 aromatic rings. The third-order valence-electron chi connectivity index (χ3n) is 4.40. The van der Waals surface area contributed by atoms with Crippen LogP contribution in [0.2, 0.25) is 0 Å². The van der Waals surface area contributed by atoms with E-state index in [1.54, 1.807) is 11.3 Å². The molecule has 1 fully saturated rings. The van der Waals surface area contributed by atoms with Crippen molar-refractivity contribution in [3.63, 3.8) is 0 Å². The average molecular weight is 322 g/mol. The quantitative estimate of drug-likeness (QED) is 0.720. The first kappa shape index (κ1) is 14.3. The van der Waals surface area contributed by atoms with Crippen LogP contribution in [0.4, 0.5) is 5.13 Å². The summed E-state index contributed by atoms with van der Waals surface area (Å²) >= 11 is 1.73. The molecule has 1 aromatic carbocycles. The van der Waals surface area contributed by atoms with E-state index in [1.165, 1.54) is 29.3 Å². The Morgan fingerprint density at radius 2 is 2.04 bits per heavy atom. The molecule has 0 spiro atoms. The van der Waals surface area contributed by atoms with Crippen LogP contribution in [-0.4, -0.2) is 22.6 Å². The highest BCUT2D eigenvalue weighted by Crippen LogP contribution is 2.34. The Hall–Kier alpha value is -2.32. The van der Waals surface area contributed by atoms with Gasteiger partial charge in [0.2, 0.25) is 0 Å². The summed E-state index contributed by atoms with van der Waals surface area (Å²) in [6.07, 6.45) is 5.20. The van der Waals surface area contributed by atoms with Gasteiger partial charge in [-0.1, -0.05) is 18.2 Å². The Kier molecular flexibility index (Phi) is 3.76. The van der Waals surface area contributed by atoms with E-state index >= 15 is 0 Å². The fourth-order valence-electron chi connectivity index (χ4n) is 3.25. The number of aromatic nitrogens is 2. The van der Waals surface area contributed by atoms with E-state index < -0.39 is 0 Å². The van der Waals surface area contributed by atoms with Crippen LogP contribution in [0.25, 0.3) is 22.2 Å². The predicted octanol–water partition coefficient (Wildman–Crippen LogP) is 4.28. The molecule has 0 atom stereocenters. The summed E-state index contributed by atoms with van der Waals surface area (Å²) in [6.45, 7) is 2.97. The summed E-state index contributed by atoms with van der Waals surface area (Å²) in [7, 11) is 0. The van der Waals surface area contributed by atoms with E-state index in [1.807, 2.05) is 6.07 Å². The van der Waals surface area contributed by atoms with Gasteiger partial charge in [-0.25, -0.2) is 4.98 Å². The van der Waals surface area contributed by atoms with Gasteiger partial charge in [-0.3, -0.25) is 0 Å². The van der Waals surface area contributed by atoms with Crippen LogP contribution in [0.5, 0.6) is 0 Å². The molecular formula is C18H18N4S. The number of aryl methyl sites for hydroxylation is 1. The molecule has 0 unspecified atom stereocenters. The fourth-order valence-corrected chi connectivity index (χ4v) is 4.13. The van der Waals surface area contributed by atoms with Gasteiger partial charge in [0.25, 0.3) is 0 Å². The lowest BCUT2D eigenvalue weighted by molar-refractivity contribution is 0.745. The third kappa shape index (κ3) is 2.60. The SMILES string of the molecule is N#CCCn1cc(-c2csc(N3CCCC3)n2)c2ccccc21. The third-order valence-corrected chi connectivity index (χ3v) is 5.30. The van der Waals surface area contributed by atoms with Gasteiger partial charge in [0, 0.05) is 47.7 Å². The molecule has 2 aromatic heterocycles. The molecule has 3 heterocycles. The number of hydrogen-bond acceptors (Lipinski definition) is 4. The normalized spacial score (nSPS) is 14.5. The van der Waals surface area contributed by atoms with Gasteiger partial charge in [0.05, 0.1) is 18.2 Å². The maximum Gasteiger partial charge on any atom is 0.185 e. The van der Waals surface area contributed by atoms with Crippen LogP contribution in [-0.2, 0) is 6.54 Å². The lowest BCUT2D eigenvalue weighted by Gasteiger charge is -2.12. The number of para-hydroxylation sites is 1. The van der Waals surface area contributed by atoms with Crippen molar-refractivity contribution >= 4 is 27.4 Å². The Morgan fingerprint density at radius 1 is 1.22 bits per heavy atom. The predicted molar refractivity (Wildman–Crippen MR) is 94.7 cm³/mol. The molecule has 5 heteroatoms. The summed E-state index contributed by atoms with van der Waals surface area (Å²) in [5.74, 6) is 0. The zero-order chi connectivity index (χ0) is 15.6. The first-order valence-electron chi connectivity index (χ1n) is 8.02. The summed E-state index contributed by atoms with van der Waals surface area (Å²) in [6, 6.07) is 10.6. The van der Waals surface area contributed by atoms with Crippen molar-refractivity contribution in [2.45, 2.75) is 25.8 Å². The largest absolute Gasteiger partial charge is 0.348 e. The minimum atomic E-state index is 0.522. The first-order chi connectivity index (χ1) is 11.4. The van der Waals surface area contributed by atoms with Crippen LogP contribution < -0.4 is 4.90 Å². The Labute approximate surface area is 139 Å². The van der Waals surface area contributed by atoms with Crippen molar-refractivity contribution in [2.75, 3.05) is 18.0 Å². The van der Waals surface area contributed by atoms with Crippen LogP contribution >= 0.6 is 11.3 Å². The van der Waals surface area contributed by atoms with Gasteiger partial charge in [-0.2, -0.15) is 5.26 Å². The number of nitrogens with zero attached hydrogens (tertiary/aromatic N) is 4. The second-order valence-electron chi connectivity index (χ2n) is 5.87. The lowest BCUT2D eigenvalue weighted by atomic mass is 10.1. The van der Waals surface area contributed by atoms with Crippen molar-refractivity contribution in [1.82, 2.24) is 9.55 Å². The lowest BCUT2D eigenvalue weighted by Crippen LogP contribution is -2.17. The smallest absolute Gasteiger partial charge is 0.185 e. The number of anilines is 1. The molecule has 0 radical (unpaired) electrons. The van der Waals surface area contributed by atoms with Crippen molar-refractivity contribution < 1.29 is 0 Å². The van der Waals surface area contributed by atoms with E-state index in [2.05, 4.69) is 45.3 Å². The minimum Gasteiger partial charge on any atom is -0.348 e. The average Bonchev–Trinajstić information content (AvgIpc) is 3.31. The zero-order valence-electron chi connectivity index (χ0n) is 12.9. The fraction of sp³-hybridized carbons (Fsp3) is 0.333. The molecule has 4 rings (SSSR count). The number of benzene rings is 1. The maximum absolute atomic E-state index is 8.87. The Bertz CT molecular complexity index is 865. The van der Waals surface area contributed by atoms with Crippen molar-refractivity contribution in [2.24, 2.45) is 0 Å². The molecule has 0 bridgehead atoms. The number of rotatable bonds is 4.